The van der Waals surface area contributed by atoms with E-state index in [1.54, 1.807) is 0 Å². The standard InChI is InChI=1S/C4H6N4O4S/c5-3-2(12-13(9,10)11)1-7-4(6)8-3/h1H,(H,9,10,11)(H4,5,6,7,8). The minimum atomic E-state index is -4.61. The van der Waals surface area contributed by atoms with E-state index >= 15 is 0 Å². The van der Waals surface area contributed by atoms with Crippen molar-refractivity contribution < 1.29 is 17.2 Å². The highest BCUT2D eigenvalue weighted by molar-refractivity contribution is 7.81. The number of aromatic nitrogens is 2. The first kappa shape index (κ1) is 9.48. The fraction of sp³-hybridized carbons (Fsp3) is 0. The molecule has 0 bridgehead atoms. The molecule has 0 spiro atoms. The monoisotopic (exact) mass is 206 g/mol. The Morgan fingerprint density at radius 1 is 1.46 bits per heavy atom. The van der Waals surface area contributed by atoms with Crippen LogP contribution >= 0.6 is 0 Å². The van der Waals surface area contributed by atoms with Gasteiger partial charge >= 0.3 is 10.4 Å². The fourth-order valence-electron chi connectivity index (χ4n) is 0.576. The number of nitrogens with zero attached hydrogens (tertiary/aromatic N) is 2. The molecular weight excluding hydrogens is 200 g/mol. The van der Waals surface area contributed by atoms with Crippen molar-refractivity contribution in [1.82, 2.24) is 9.97 Å². The van der Waals surface area contributed by atoms with Crippen molar-refractivity contribution in [2.45, 2.75) is 0 Å². The molecule has 0 aliphatic rings. The van der Waals surface area contributed by atoms with Crippen LogP contribution in [-0.2, 0) is 10.4 Å². The van der Waals surface area contributed by atoms with E-state index in [1.807, 2.05) is 0 Å². The van der Waals surface area contributed by atoms with Gasteiger partial charge in [-0.1, -0.05) is 0 Å². The van der Waals surface area contributed by atoms with Crippen LogP contribution in [0.25, 0.3) is 0 Å². The second-order valence-electron chi connectivity index (χ2n) is 1.99. The van der Waals surface area contributed by atoms with Gasteiger partial charge in [0.05, 0.1) is 6.20 Å². The molecule has 0 radical (unpaired) electrons. The van der Waals surface area contributed by atoms with Gasteiger partial charge in [-0.25, -0.2) is 4.98 Å². The van der Waals surface area contributed by atoms with Crippen molar-refractivity contribution in [1.29, 1.82) is 0 Å². The fourth-order valence-corrected chi connectivity index (χ4v) is 0.931. The van der Waals surface area contributed by atoms with E-state index in [4.69, 9.17) is 16.0 Å². The van der Waals surface area contributed by atoms with Gasteiger partial charge in [-0.05, 0) is 0 Å². The van der Waals surface area contributed by atoms with Crippen molar-refractivity contribution >= 4 is 22.2 Å². The summed E-state index contributed by atoms with van der Waals surface area (Å²) >= 11 is 0. The highest BCUT2D eigenvalue weighted by atomic mass is 32.3. The van der Waals surface area contributed by atoms with E-state index in [1.165, 1.54) is 0 Å². The molecule has 1 heterocycles. The van der Waals surface area contributed by atoms with Crippen LogP contribution in [0.3, 0.4) is 0 Å². The van der Waals surface area contributed by atoms with Crippen LogP contribution < -0.4 is 15.7 Å². The second kappa shape index (κ2) is 3.03. The molecule has 0 aliphatic carbocycles. The predicted molar refractivity (Wildman–Crippen MR) is 43.0 cm³/mol. The van der Waals surface area contributed by atoms with Crippen LogP contribution in [0.5, 0.6) is 5.75 Å². The molecule has 0 amide bonds. The largest absolute Gasteiger partial charge is 0.446 e. The van der Waals surface area contributed by atoms with Crippen molar-refractivity contribution in [2.24, 2.45) is 0 Å². The minimum absolute atomic E-state index is 0.125. The lowest BCUT2D eigenvalue weighted by atomic mass is 10.5. The van der Waals surface area contributed by atoms with Crippen LogP contribution in [0.4, 0.5) is 11.8 Å². The third-order valence-corrected chi connectivity index (χ3v) is 1.39. The number of nitrogens with two attached hydrogens (primary N) is 2. The van der Waals surface area contributed by atoms with Gasteiger partial charge in [0, 0.05) is 0 Å². The Bertz CT molecular complexity index is 416. The maximum atomic E-state index is 10.2. The van der Waals surface area contributed by atoms with Crippen molar-refractivity contribution in [3.8, 4) is 5.75 Å². The molecule has 0 aromatic carbocycles. The van der Waals surface area contributed by atoms with Crippen molar-refractivity contribution in [3.63, 3.8) is 0 Å². The summed E-state index contributed by atoms with van der Waals surface area (Å²) in [6.45, 7) is 0. The smallest absolute Gasteiger partial charge is 0.380 e. The Hall–Kier alpha value is -1.61. The zero-order valence-corrected chi connectivity index (χ0v) is 7.02. The van der Waals surface area contributed by atoms with Gasteiger partial charge in [0.25, 0.3) is 0 Å². The molecule has 0 atom stereocenters. The third kappa shape index (κ3) is 2.72. The first-order valence-electron chi connectivity index (χ1n) is 2.93. The number of anilines is 2. The first-order chi connectivity index (χ1) is 5.88. The topological polar surface area (TPSA) is 141 Å². The quantitative estimate of drug-likeness (QED) is 0.513. The normalized spacial score (nSPS) is 11.2. The number of nitrogen functional groups attached to an aromatic ring is 2. The Morgan fingerprint density at radius 3 is 2.54 bits per heavy atom. The number of rotatable bonds is 2. The van der Waals surface area contributed by atoms with E-state index in [0.29, 0.717) is 0 Å². The molecule has 5 N–H and O–H groups in total. The average molecular weight is 206 g/mol. The van der Waals surface area contributed by atoms with Gasteiger partial charge in [-0.15, -0.1) is 0 Å². The Balaban J connectivity index is 3.04. The summed E-state index contributed by atoms with van der Waals surface area (Å²) in [5.74, 6) is -0.776. The van der Waals surface area contributed by atoms with Gasteiger partial charge in [-0.3, -0.25) is 4.55 Å². The lowest BCUT2D eigenvalue weighted by Crippen LogP contribution is -2.10. The Morgan fingerprint density at radius 2 is 2.08 bits per heavy atom. The van der Waals surface area contributed by atoms with Gasteiger partial charge in [0.2, 0.25) is 11.7 Å². The van der Waals surface area contributed by atoms with Crippen molar-refractivity contribution in [2.75, 3.05) is 11.5 Å². The van der Waals surface area contributed by atoms with Crippen LogP contribution in [0.2, 0.25) is 0 Å². The molecule has 0 saturated carbocycles. The van der Waals surface area contributed by atoms with Crippen LogP contribution in [0, 0.1) is 0 Å². The lowest BCUT2D eigenvalue weighted by molar-refractivity contribution is 0.386. The second-order valence-corrected chi connectivity index (χ2v) is 3.01. The zero-order valence-electron chi connectivity index (χ0n) is 6.21. The molecule has 0 unspecified atom stereocenters. The van der Waals surface area contributed by atoms with Crippen molar-refractivity contribution in [3.05, 3.63) is 6.20 Å². The summed E-state index contributed by atoms with van der Waals surface area (Å²) < 4.78 is 32.7. The molecule has 1 rings (SSSR count). The van der Waals surface area contributed by atoms with Gasteiger partial charge < -0.3 is 15.7 Å². The molecule has 1 aromatic rings. The molecule has 0 saturated heterocycles. The number of hydrogen-bond donors (Lipinski definition) is 3. The van der Waals surface area contributed by atoms with E-state index in [9.17, 15) is 8.42 Å². The summed E-state index contributed by atoms with van der Waals surface area (Å²) in [7, 11) is -4.61. The Kier molecular flexibility index (Phi) is 2.21. The molecule has 13 heavy (non-hydrogen) atoms. The summed E-state index contributed by atoms with van der Waals surface area (Å²) in [6.07, 6.45) is 0.936. The molecule has 9 heteroatoms. The molecule has 0 aliphatic heterocycles. The lowest BCUT2D eigenvalue weighted by Gasteiger charge is -2.02. The molecule has 8 nitrogen and oxygen atoms in total. The van der Waals surface area contributed by atoms with Crippen LogP contribution in [0.15, 0.2) is 6.20 Å². The van der Waals surface area contributed by atoms with Crippen LogP contribution in [-0.4, -0.2) is 22.9 Å². The van der Waals surface area contributed by atoms with Gasteiger partial charge in [0.15, 0.2) is 5.82 Å². The van der Waals surface area contributed by atoms with E-state index in [0.717, 1.165) is 6.20 Å². The van der Waals surface area contributed by atoms with Crippen LogP contribution in [0.1, 0.15) is 0 Å². The maximum absolute atomic E-state index is 10.2. The van der Waals surface area contributed by atoms with Gasteiger partial charge in [-0.2, -0.15) is 13.4 Å². The summed E-state index contributed by atoms with van der Waals surface area (Å²) in [4.78, 5) is 6.81. The molecular formula is C4H6N4O4S. The average Bonchev–Trinajstić information content (AvgIpc) is 1.93. The predicted octanol–water partition coefficient (Wildman–Crippen LogP) is -1.18. The summed E-state index contributed by atoms with van der Waals surface area (Å²) in [6, 6.07) is 0. The SMILES string of the molecule is Nc1ncc(OS(=O)(=O)O)c(N)n1. The molecule has 0 fully saturated rings. The number of hydrogen-bond acceptors (Lipinski definition) is 7. The van der Waals surface area contributed by atoms with E-state index in [-0.39, 0.29) is 17.5 Å². The summed E-state index contributed by atoms with van der Waals surface area (Å²) in [5, 5.41) is 0. The van der Waals surface area contributed by atoms with Gasteiger partial charge in [0.1, 0.15) is 0 Å². The Labute approximate surface area is 73.5 Å². The molecule has 1 aromatic heterocycles. The zero-order chi connectivity index (χ0) is 10.1. The minimum Gasteiger partial charge on any atom is -0.380 e. The van der Waals surface area contributed by atoms with E-state index < -0.39 is 10.4 Å². The molecule has 72 valence electrons. The van der Waals surface area contributed by atoms with E-state index in [2.05, 4.69) is 14.2 Å². The maximum Gasteiger partial charge on any atom is 0.446 e. The highest BCUT2D eigenvalue weighted by Gasteiger charge is 2.11. The third-order valence-electron chi connectivity index (χ3n) is 0.997. The summed E-state index contributed by atoms with van der Waals surface area (Å²) in [5.41, 5.74) is 10.3. The highest BCUT2D eigenvalue weighted by Crippen LogP contribution is 2.18. The first-order valence-corrected chi connectivity index (χ1v) is 4.30.